The lowest BCUT2D eigenvalue weighted by Crippen LogP contribution is -2.38. The molecule has 31 heavy (non-hydrogen) atoms. The molecule has 0 spiro atoms. The summed E-state index contributed by atoms with van der Waals surface area (Å²) < 4.78 is 1.91. The van der Waals surface area contributed by atoms with Crippen LogP contribution < -0.4 is 15.6 Å². The smallest absolute Gasteiger partial charge is 0.327 e. The maximum absolute atomic E-state index is 13.2. The molecule has 0 aliphatic carbocycles. The molecule has 4 rings (SSSR count). The van der Waals surface area contributed by atoms with Gasteiger partial charge < -0.3 is 5.32 Å². The lowest BCUT2D eigenvalue weighted by molar-refractivity contribution is 0.249. The summed E-state index contributed by atoms with van der Waals surface area (Å²) in [6.07, 6.45) is 3.20. The number of hydrogen-bond acceptors (Lipinski definition) is 3. The van der Waals surface area contributed by atoms with Gasteiger partial charge in [-0.05, 0) is 37.3 Å². The Bertz CT molecular complexity index is 1300. The number of carbonyl (C=O) groups is 1. The quantitative estimate of drug-likeness (QED) is 0.484. The standard InChI is InChI=1S/C25H22N4O2/c1-3-14-26-25(31)29(20-12-8-5-9-13-20)24-16-23(30)21-17-27-18(2)15-22(21)28(24)19-10-6-4-7-11-19/h3-13,15-17H,1,14H2,2H3,(H,26,31). The van der Waals surface area contributed by atoms with E-state index < -0.39 is 0 Å². The van der Waals surface area contributed by atoms with Crippen molar-refractivity contribution in [1.29, 1.82) is 0 Å². The van der Waals surface area contributed by atoms with Crippen LogP contribution in [0.1, 0.15) is 5.69 Å². The van der Waals surface area contributed by atoms with Gasteiger partial charge in [-0.3, -0.25) is 14.3 Å². The molecule has 1 N–H and O–H groups in total. The van der Waals surface area contributed by atoms with Crippen LogP contribution in [-0.4, -0.2) is 22.1 Å². The maximum atomic E-state index is 13.2. The molecule has 154 valence electrons. The number of amides is 2. The zero-order chi connectivity index (χ0) is 21.8. The third kappa shape index (κ3) is 3.96. The van der Waals surface area contributed by atoms with Crippen molar-refractivity contribution in [3.63, 3.8) is 0 Å². The zero-order valence-electron chi connectivity index (χ0n) is 17.2. The van der Waals surface area contributed by atoms with Gasteiger partial charge in [0, 0.05) is 30.2 Å². The first-order valence-corrected chi connectivity index (χ1v) is 9.92. The van der Waals surface area contributed by atoms with E-state index in [1.807, 2.05) is 78.2 Å². The molecule has 6 nitrogen and oxygen atoms in total. The van der Waals surface area contributed by atoms with Crippen LogP contribution in [0.4, 0.5) is 16.3 Å². The Morgan fingerprint density at radius 2 is 1.77 bits per heavy atom. The minimum absolute atomic E-state index is 0.206. The normalized spacial score (nSPS) is 10.6. The molecule has 0 atom stereocenters. The van der Waals surface area contributed by atoms with Gasteiger partial charge in [-0.15, -0.1) is 6.58 Å². The van der Waals surface area contributed by atoms with Gasteiger partial charge in [0.15, 0.2) is 5.43 Å². The van der Waals surface area contributed by atoms with E-state index in [2.05, 4.69) is 16.9 Å². The van der Waals surface area contributed by atoms with Gasteiger partial charge in [0.25, 0.3) is 0 Å². The Morgan fingerprint density at radius 1 is 1.10 bits per heavy atom. The van der Waals surface area contributed by atoms with Crippen LogP contribution in [0.3, 0.4) is 0 Å². The lowest BCUT2D eigenvalue weighted by Gasteiger charge is -2.27. The van der Waals surface area contributed by atoms with Gasteiger partial charge in [0.1, 0.15) is 5.82 Å². The zero-order valence-corrected chi connectivity index (χ0v) is 17.2. The Kier molecular flexibility index (Phi) is 5.62. The number of aryl methyl sites for hydroxylation is 1. The molecule has 0 aliphatic heterocycles. The number of anilines is 2. The monoisotopic (exact) mass is 410 g/mol. The average molecular weight is 410 g/mol. The topological polar surface area (TPSA) is 67.2 Å². The van der Waals surface area contributed by atoms with Crippen LogP contribution >= 0.6 is 0 Å². The fourth-order valence-electron chi connectivity index (χ4n) is 3.49. The van der Waals surface area contributed by atoms with Crippen LogP contribution in [0.5, 0.6) is 0 Å². The number of carbonyl (C=O) groups excluding carboxylic acids is 1. The minimum Gasteiger partial charge on any atom is -0.334 e. The van der Waals surface area contributed by atoms with Gasteiger partial charge in [-0.25, -0.2) is 9.69 Å². The molecular formula is C25H22N4O2. The second-order valence-corrected chi connectivity index (χ2v) is 7.03. The van der Waals surface area contributed by atoms with Crippen molar-refractivity contribution in [2.75, 3.05) is 11.4 Å². The predicted molar refractivity (Wildman–Crippen MR) is 124 cm³/mol. The van der Waals surface area contributed by atoms with E-state index in [0.29, 0.717) is 29.0 Å². The summed E-state index contributed by atoms with van der Waals surface area (Å²) in [5.41, 5.74) is 2.71. The molecule has 4 aromatic rings. The number of nitrogens with zero attached hydrogens (tertiary/aromatic N) is 3. The molecule has 2 heterocycles. The molecule has 0 unspecified atom stereocenters. The fourth-order valence-corrected chi connectivity index (χ4v) is 3.49. The number of nitrogens with one attached hydrogen (secondary N) is 1. The highest BCUT2D eigenvalue weighted by Crippen LogP contribution is 2.30. The largest absolute Gasteiger partial charge is 0.334 e. The van der Waals surface area contributed by atoms with Crippen molar-refractivity contribution in [1.82, 2.24) is 14.9 Å². The summed E-state index contributed by atoms with van der Waals surface area (Å²) in [6.45, 7) is 5.84. The molecule has 0 aliphatic rings. The Hall–Kier alpha value is -4.19. The molecule has 2 aromatic carbocycles. The van der Waals surface area contributed by atoms with E-state index >= 15 is 0 Å². The highest BCUT2D eigenvalue weighted by molar-refractivity contribution is 6.00. The molecule has 0 saturated heterocycles. The van der Waals surface area contributed by atoms with E-state index in [4.69, 9.17) is 0 Å². The first kappa shape index (κ1) is 20.1. The van der Waals surface area contributed by atoms with Gasteiger partial charge in [0.05, 0.1) is 16.6 Å². The first-order chi connectivity index (χ1) is 15.1. The van der Waals surface area contributed by atoms with Crippen LogP contribution in [0.15, 0.2) is 96.4 Å². The predicted octanol–water partition coefficient (Wildman–Crippen LogP) is 4.73. The van der Waals surface area contributed by atoms with Crippen molar-refractivity contribution in [3.05, 3.63) is 108 Å². The average Bonchev–Trinajstić information content (AvgIpc) is 2.79. The van der Waals surface area contributed by atoms with Crippen LogP contribution in [0.25, 0.3) is 16.6 Å². The number of para-hydroxylation sites is 2. The lowest BCUT2D eigenvalue weighted by atomic mass is 10.2. The van der Waals surface area contributed by atoms with Gasteiger partial charge in [-0.1, -0.05) is 42.5 Å². The van der Waals surface area contributed by atoms with Crippen molar-refractivity contribution >= 4 is 28.4 Å². The molecular weight excluding hydrogens is 388 g/mol. The molecule has 6 heteroatoms. The number of hydrogen-bond donors (Lipinski definition) is 1. The van der Waals surface area contributed by atoms with Crippen molar-refractivity contribution in [2.45, 2.75) is 6.92 Å². The number of fused-ring (bicyclic) bond motifs is 1. The number of pyridine rings is 2. The van der Waals surface area contributed by atoms with Crippen molar-refractivity contribution in [3.8, 4) is 5.69 Å². The van der Waals surface area contributed by atoms with Gasteiger partial charge in [0.2, 0.25) is 0 Å². The summed E-state index contributed by atoms with van der Waals surface area (Å²) in [5, 5.41) is 3.31. The van der Waals surface area contributed by atoms with Gasteiger partial charge >= 0.3 is 6.03 Å². The summed E-state index contributed by atoms with van der Waals surface area (Å²) in [6, 6.07) is 21.9. The first-order valence-electron chi connectivity index (χ1n) is 9.92. The highest BCUT2D eigenvalue weighted by Gasteiger charge is 2.23. The Balaban J connectivity index is 2.07. The molecule has 0 radical (unpaired) electrons. The third-order valence-electron chi connectivity index (χ3n) is 4.87. The minimum atomic E-state index is -0.361. The molecule has 2 amide bonds. The third-order valence-corrected chi connectivity index (χ3v) is 4.87. The number of benzene rings is 2. The molecule has 0 saturated carbocycles. The van der Waals surface area contributed by atoms with Crippen LogP contribution in [-0.2, 0) is 0 Å². The van der Waals surface area contributed by atoms with E-state index in [9.17, 15) is 9.59 Å². The van der Waals surface area contributed by atoms with Crippen molar-refractivity contribution < 1.29 is 4.79 Å². The Labute approximate surface area is 180 Å². The SMILES string of the molecule is C=CCNC(=O)N(c1ccccc1)c1cc(=O)c2cnc(C)cc2n1-c1ccccc1. The molecule has 0 fully saturated rings. The second kappa shape index (κ2) is 8.67. The van der Waals surface area contributed by atoms with Crippen molar-refractivity contribution in [2.24, 2.45) is 0 Å². The summed E-state index contributed by atoms with van der Waals surface area (Å²) in [5.74, 6) is 0.432. The maximum Gasteiger partial charge on any atom is 0.327 e. The van der Waals surface area contributed by atoms with E-state index in [-0.39, 0.29) is 11.5 Å². The fraction of sp³-hybridized carbons (Fsp3) is 0.0800. The highest BCUT2D eigenvalue weighted by atomic mass is 16.2. The molecule has 2 aromatic heterocycles. The van der Waals surface area contributed by atoms with Gasteiger partial charge in [-0.2, -0.15) is 0 Å². The van der Waals surface area contributed by atoms with Crippen LogP contribution in [0.2, 0.25) is 0 Å². The summed E-state index contributed by atoms with van der Waals surface area (Å²) in [4.78, 5) is 32.1. The van der Waals surface area contributed by atoms with Crippen LogP contribution in [0, 0.1) is 6.92 Å². The second-order valence-electron chi connectivity index (χ2n) is 7.03. The number of rotatable bonds is 5. The van der Waals surface area contributed by atoms with E-state index in [1.54, 1.807) is 12.3 Å². The summed E-state index contributed by atoms with van der Waals surface area (Å²) in [7, 11) is 0. The summed E-state index contributed by atoms with van der Waals surface area (Å²) >= 11 is 0. The Morgan fingerprint density at radius 3 is 2.45 bits per heavy atom. The number of urea groups is 1. The van der Waals surface area contributed by atoms with E-state index in [1.165, 1.54) is 11.0 Å². The number of aromatic nitrogens is 2. The van der Waals surface area contributed by atoms with E-state index in [0.717, 1.165) is 11.4 Å². The molecule has 0 bridgehead atoms.